The van der Waals surface area contributed by atoms with Crippen LogP contribution in [0.15, 0.2) is 106 Å². The molecule has 4 aromatic rings. The van der Waals surface area contributed by atoms with E-state index in [1.807, 2.05) is 0 Å². The molecule has 0 aliphatic heterocycles. The molecule has 12 heteroatoms. The van der Waals surface area contributed by atoms with E-state index >= 15 is 0 Å². The third-order valence-electron chi connectivity index (χ3n) is 5.27. The Morgan fingerprint density at radius 3 is 2.23 bits per heavy atom. The van der Waals surface area contributed by atoms with Gasteiger partial charge < -0.3 is 9.73 Å². The monoisotopic (exact) mass is 525 g/mol. The molecular formula is C27H19N5O7. The fourth-order valence-corrected chi connectivity index (χ4v) is 3.37. The fraction of sp³-hybridized carbons (Fsp3) is 0. The van der Waals surface area contributed by atoms with E-state index in [0.717, 1.165) is 0 Å². The molecule has 0 radical (unpaired) electrons. The number of furan rings is 1. The number of benzene rings is 3. The first-order valence-corrected chi connectivity index (χ1v) is 11.3. The van der Waals surface area contributed by atoms with Crippen LogP contribution in [0, 0.1) is 20.2 Å². The molecule has 39 heavy (non-hydrogen) atoms. The van der Waals surface area contributed by atoms with Crippen LogP contribution in [-0.4, -0.2) is 27.9 Å². The van der Waals surface area contributed by atoms with E-state index in [2.05, 4.69) is 15.8 Å². The number of non-ortho nitro benzene ring substituents is 2. The van der Waals surface area contributed by atoms with E-state index in [-0.39, 0.29) is 22.8 Å². The Kier molecular flexibility index (Phi) is 7.97. The highest BCUT2D eigenvalue weighted by molar-refractivity contribution is 6.05. The maximum Gasteiger partial charge on any atom is 0.287 e. The number of nitrogens with zero attached hydrogens (tertiary/aromatic N) is 3. The second-order valence-electron chi connectivity index (χ2n) is 7.94. The topological polar surface area (TPSA) is 170 Å². The summed E-state index contributed by atoms with van der Waals surface area (Å²) < 4.78 is 5.63. The van der Waals surface area contributed by atoms with Gasteiger partial charge in [0.1, 0.15) is 17.2 Å². The fourth-order valence-electron chi connectivity index (χ4n) is 3.37. The maximum absolute atomic E-state index is 12.9. The first-order valence-electron chi connectivity index (χ1n) is 11.3. The Balaban J connectivity index is 1.51. The van der Waals surface area contributed by atoms with Crippen molar-refractivity contribution in [1.29, 1.82) is 0 Å². The Hall–Kier alpha value is -5.91. The predicted molar refractivity (Wildman–Crippen MR) is 142 cm³/mol. The SMILES string of the molecule is O=C(N/N=C/c1ccc(-c2cccc([N+](=O)[O-])c2)o1)/C(=C/c1ccc([N+](=O)[O-])cc1)NC(=O)c1ccccc1. The Labute approximate surface area is 220 Å². The molecule has 1 heterocycles. The second kappa shape index (κ2) is 11.9. The number of rotatable bonds is 9. The van der Waals surface area contributed by atoms with Crippen LogP contribution < -0.4 is 10.7 Å². The molecule has 4 rings (SSSR count). The van der Waals surface area contributed by atoms with Crippen molar-refractivity contribution in [1.82, 2.24) is 10.7 Å². The molecule has 3 aromatic carbocycles. The molecule has 0 atom stereocenters. The predicted octanol–water partition coefficient (Wildman–Crippen LogP) is 4.68. The molecule has 0 spiro atoms. The van der Waals surface area contributed by atoms with Gasteiger partial charge >= 0.3 is 0 Å². The van der Waals surface area contributed by atoms with E-state index in [1.165, 1.54) is 54.8 Å². The van der Waals surface area contributed by atoms with Crippen LogP contribution >= 0.6 is 0 Å². The number of hydrogen-bond acceptors (Lipinski definition) is 8. The first kappa shape index (κ1) is 26.2. The number of amides is 2. The number of carbonyl (C=O) groups excluding carboxylic acids is 2. The van der Waals surface area contributed by atoms with Gasteiger partial charge in [-0.1, -0.05) is 30.3 Å². The van der Waals surface area contributed by atoms with E-state index in [0.29, 0.717) is 22.5 Å². The van der Waals surface area contributed by atoms with Gasteiger partial charge in [-0.2, -0.15) is 5.10 Å². The van der Waals surface area contributed by atoms with Gasteiger partial charge in [-0.15, -0.1) is 0 Å². The molecule has 194 valence electrons. The van der Waals surface area contributed by atoms with E-state index in [9.17, 15) is 29.8 Å². The third kappa shape index (κ3) is 6.86. The highest BCUT2D eigenvalue weighted by Gasteiger charge is 2.15. The third-order valence-corrected chi connectivity index (χ3v) is 5.27. The number of nitrogens with one attached hydrogen (secondary N) is 2. The Morgan fingerprint density at radius 1 is 0.821 bits per heavy atom. The summed E-state index contributed by atoms with van der Waals surface area (Å²) in [5, 5.41) is 28.3. The largest absolute Gasteiger partial charge is 0.455 e. The lowest BCUT2D eigenvalue weighted by atomic mass is 10.1. The molecule has 12 nitrogen and oxygen atoms in total. The molecule has 0 bridgehead atoms. The van der Waals surface area contributed by atoms with E-state index < -0.39 is 21.7 Å². The van der Waals surface area contributed by atoms with Gasteiger partial charge in [0.25, 0.3) is 23.2 Å². The smallest absolute Gasteiger partial charge is 0.287 e. The van der Waals surface area contributed by atoms with Crippen molar-refractivity contribution >= 4 is 35.5 Å². The molecule has 2 N–H and O–H groups in total. The molecule has 1 aromatic heterocycles. The van der Waals surface area contributed by atoms with Gasteiger partial charge in [-0.05, 0) is 48.0 Å². The highest BCUT2D eigenvalue weighted by atomic mass is 16.6. The van der Waals surface area contributed by atoms with Gasteiger partial charge in [0.05, 0.1) is 16.1 Å². The summed E-state index contributed by atoms with van der Waals surface area (Å²) in [6.45, 7) is 0. The van der Waals surface area contributed by atoms with Gasteiger partial charge in [-0.3, -0.25) is 29.8 Å². The zero-order chi connectivity index (χ0) is 27.8. The molecule has 0 saturated heterocycles. The standard InChI is InChI=1S/C27H19N5O7/c33-26(19-5-2-1-3-6-19)29-24(15-18-9-11-21(12-10-18)31(35)36)27(34)30-28-17-23-13-14-25(39-23)20-7-4-8-22(16-20)32(37)38/h1-17H,(H,29,33)(H,30,34)/b24-15-,28-17+. The lowest BCUT2D eigenvalue weighted by Crippen LogP contribution is -2.32. The molecule has 0 saturated carbocycles. The Bertz CT molecular complexity index is 1590. The molecule has 0 fully saturated rings. The van der Waals surface area contributed by atoms with Crippen LogP contribution in [0.25, 0.3) is 17.4 Å². The summed E-state index contributed by atoms with van der Waals surface area (Å²) >= 11 is 0. The number of hydrazone groups is 1. The van der Waals surface area contributed by atoms with Gasteiger partial charge in [0.15, 0.2) is 0 Å². The summed E-state index contributed by atoms with van der Waals surface area (Å²) in [5.41, 5.74) is 3.16. The van der Waals surface area contributed by atoms with Crippen molar-refractivity contribution in [3.63, 3.8) is 0 Å². The van der Waals surface area contributed by atoms with Crippen molar-refractivity contribution in [2.45, 2.75) is 0 Å². The van der Waals surface area contributed by atoms with E-state index in [1.54, 1.807) is 48.5 Å². The van der Waals surface area contributed by atoms with Crippen LogP contribution in [0.2, 0.25) is 0 Å². The number of nitro groups is 2. The zero-order valence-electron chi connectivity index (χ0n) is 20.0. The second-order valence-corrected chi connectivity index (χ2v) is 7.94. The summed E-state index contributed by atoms with van der Waals surface area (Å²) in [5.74, 6) is -0.693. The van der Waals surface area contributed by atoms with Crippen LogP contribution in [0.3, 0.4) is 0 Å². The van der Waals surface area contributed by atoms with Crippen LogP contribution in [0.4, 0.5) is 11.4 Å². The number of hydrogen-bond donors (Lipinski definition) is 2. The minimum Gasteiger partial charge on any atom is -0.455 e. The van der Waals surface area contributed by atoms with Crippen LogP contribution in [0.1, 0.15) is 21.7 Å². The summed E-state index contributed by atoms with van der Waals surface area (Å²) in [7, 11) is 0. The average molecular weight is 525 g/mol. The zero-order valence-corrected chi connectivity index (χ0v) is 20.0. The van der Waals surface area contributed by atoms with Gasteiger partial charge in [-0.25, -0.2) is 5.43 Å². The molecule has 0 aliphatic carbocycles. The van der Waals surface area contributed by atoms with E-state index in [4.69, 9.17) is 4.42 Å². The summed E-state index contributed by atoms with van der Waals surface area (Å²) in [6.07, 6.45) is 2.57. The minimum atomic E-state index is -0.764. The van der Waals surface area contributed by atoms with Crippen molar-refractivity contribution in [2.24, 2.45) is 5.10 Å². The molecule has 0 unspecified atom stereocenters. The van der Waals surface area contributed by atoms with Crippen molar-refractivity contribution in [2.75, 3.05) is 0 Å². The Morgan fingerprint density at radius 2 is 1.54 bits per heavy atom. The van der Waals surface area contributed by atoms with Gasteiger partial charge in [0, 0.05) is 35.4 Å². The maximum atomic E-state index is 12.9. The average Bonchev–Trinajstić information content (AvgIpc) is 3.42. The normalized spacial score (nSPS) is 11.2. The summed E-state index contributed by atoms with van der Waals surface area (Å²) in [4.78, 5) is 46.4. The minimum absolute atomic E-state index is 0.0868. The molecule has 0 aliphatic rings. The number of nitro benzene ring substituents is 2. The van der Waals surface area contributed by atoms with Crippen LogP contribution in [0.5, 0.6) is 0 Å². The number of carbonyl (C=O) groups is 2. The van der Waals surface area contributed by atoms with Crippen molar-refractivity contribution < 1.29 is 23.9 Å². The highest BCUT2D eigenvalue weighted by Crippen LogP contribution is 2.25. The molecule has 2 amide bonds. The summed E-state index contributed by atoms with van der Waals surface area (Å²) in [6, 6.07) is 22.7. The van der Waals surface area contributed by atoms with Crippen molar-refractivity contribution in [3.05, 3.63) is 134 Å². The van der Waals surface area contributed by atoms with Crippen molar-refractivity contribution in [3.8, 4) is 11.3 Å². The molecular weight excluding hydrogens is 506 g/mol. The van der Waals surface area contributed by atoms with Crippen LogP contribution in [-0.2, 0) is 4.79 Å². The first-order chi connectivity index (χ1) is 18.8. The quantitative estimate of drug-likeness (QED) is 0.138. The lowest BCUT2D eigenvalue weighted by molar-refractivity contribution is -0.385. The van der Waals surface area contributed by atoms with Gasteiger partial charge in [0.2, 0.25) is 0 Å². The lowest BCUT2D eigenvalue weighted by Gasteiger charge is -2.09.